The van der Waals surface area contributed by atoms with E-state index in [0.717, 1.165) is 17.7 Å². The zero-order valence-corrected chi connectivity index (χ0v) is 15.0. The predicted octanol–water partition coefficient (Wildman–Crippen LogP) is 6.14. The van der Waals surface area contributed by atoms with Crippen molar-refractivity contribution in [1.82, 2.24) is 0 Å². The molecule has 0 spiro atoms. The molecular formula is C19H21F3OSi. The number of alkyl halides is 3. The normalized spacial score (nSPS) is 13.0. The van der Waals surface area contributed by atoms with Crippen LogP contribution in [-0.4, -0.2) is 8.32 Å². The van der Waals surface area contributed by atoms with Gasteiger partial charge in [0.2, 0.25) is 8.32 Å². The van der Waals surface area contributed by atoms with Gasteiger partial charge < -0.3 is 4.43 Å². The molecule has 0 saturated carbocycles. The number of rotatable bonds is 5. The zero-order chi connectivity index (χ0) is 17.8. The molecule has 5 heteroatoms. The topological polar surface area (TPSA) is 9.23 Å². The van der Waals surface area contributed by atoms with Crippen LogP contribution in [0.3, 0.4) is 0 Å². The van der Waals surface area contributed by atoms with E-state index in [2.05, 4.69) is 0 Å². The van der Waals surface area contributed by atoms with E-state index < -0.39 is 20.1 Å². The van der Waals surface area contributed by atoms with Crippen LogP contribution in [0.5, 0.6) is 0 Å². The van der Waals surface area contributed by atoms with E-state index in [0.29, 0.717) is 17.7 Å². The third-order valence-electron chi connectivity index (χ3n) is 3.26. The van der Waals surface area contributed by atoms with Crippen molar-refractivity contribution >= 4 is 14.1 Å². The van der Waals surface area contributed by atoms with Gasteiger partial charge in [0.15, 0.2) is 0 Å². The van der Waals surface area contributed by atoms with Gasteiger partial charge in [-0.25, -0.2) is 0 Å². The fourth-order valence-corrected chi connectivity index (χ4v) is 3.08. The molecule has 2 rings (SSSR count). The summed E-state index contributed by atoms with van der Waals surface area (Å²) in [6.07, 6.45) is -1.89. The molecule has 0 aliphatic rings. The van der Waals surface area contributed by atoms with Gasteiger partial charge in [-0.15, -0.1) is 0 Å². The Bertz CT molecular complexity index is 701. The van der Waals surface area contributed by atoms with Crippen LogP contribution in [0.25, 0.3) is 5.76 Å². The Morgan fingerprint density at radius 3 is 2.25 bits per heavy atom. The molecule has 0 fully saturated rings. The van der Waals surface area contributed by atoms with Crippen LogP contribution in [0.15, 0.2) is 60.7 Å². The summed E-state index contributed by atoms with van der Waals surface area (Å²) in [7, 11) is -1.95. The fourth-order valence-electron chi connectivity index (χ4n) is 2.22. The van der Waals surface area contributed by atoms with Gasteiger partial charge in [0, 0.05) is 5.56 Å². The van der Waals surface area contributed by atoms with Crippen molar-refractivity contribution in [3.63, 3.8) is 0 Å². The Kier molecular flexibility index (Phi) is 5.54. The second-order valence-electron chi connectivity index (χ2n) is 6.55. The number of hydrogen-bond acceptors (Lipinski definition) is 1. The lowest BCUT2D eigenvalue weighted by Gasteiger charge is -2.23. The minimum absolute atomic E-state index is 0.461. The SMILES string of the molecule is C[Si](C)(C)O/C(=C/Cc1ccccc1)c1cccc(C(F)(F)F)c1. The molecule has 0 atom stereocenters. The van der Waals surface area contributed by atoms with Crippen molar-refractivity contribution in [2.45, 2.75) is 32.2 Å². The maximum Gasteiger partial charge on any atom is 0.416 e. The number of hydrogen-bond donors (Lipinski definition) is 0. The van der Waals surface area contributed by atoms with Gasteiger partial charge in [0.1, 0.15) is 5.76 Å². The van der Waals surface area contributed by atoms with E-state index in [9.17, 15) is 13.2 Å². The smallest absolute Gasteiger partial charge is 0.416 e. The molecule has 0 bridgehead atoms. The van der Waals surface area contributed by atoms with Crippen LogP contribution in [-0.2, 0) is 17.0 Å². The summed E-state index contributed by atoms with van der Waals surface area (Å²) in [6.45, 7) is 6.03. The molecular weight excluding hydrogens is 329 g/mol. The average molecular weight is 350 g/mol. The van der Waals surface area contributed by atoms with Crippen molar-refractivity contribution in [3.8, 4) is 0 Å². The highest BCUT2D eigenvalue weighted by Crippen LogP contribution is 2.32. The maximum atomic E-state index is 13.0. The molecule has 0 aromatic heterocycles. The van der Waals surface area contributed by atoms with Crippen molar-refractivity contribution < 1.29 is 17.6 Å². The van der Waals surface area contributed by atoms with Crippen LogP contribution in [0, 0.1) is 0 Å². The first-order valence-corrected chi connectivity index (χ1v) is 11.2. The van der Waals surface area contributed by atoms with Gasteiger partial charge in [0.25, 0.3) is 0 Å². The molecule has 128 valence electrons. The first-order chi connectivity index (χ1) is 11.1. The third-order valence-corrected chi connectivity index (χ3v) is 4.09. The highest BCUT2D eigenvalue weighted by Gasteiger charge is 2.31. The lowest BCUT2D eigenvalue weighted by molar-refractivity contribution is -0.137. The van der Waals surface area contributed by atoms with E-state index in [1.165, 1.54) is 6.07 Å². The van der Waals surface area contributed by atoms with Crippen molar-refractivity contribution in [2.75, 3.05) is 0 Å². The predicted molar refractivity (Wildman–Crippen MR) is 94.0 cm³/mol. The van der Waals surface area contributed by atoms with Gasteiger partial charge in [-0.3, -0.25) is 0 Å². The van der Waals surface area contributed by atoms with Crippen molar-refractivity contribution in [1.29, 1.82) is 0 Å². The summed E-state index contributed by atoms with van der Waals surface area (Å²) in [6, 6.07) is 15.1. The summed E-state index contributed by atoms with van der Waals surface area (Å²) in [5.41, 5.74) is 0.883. The molecule has 0 aliphatic carbocycles. The van der Waals surface area contributed by atoms with Gasteiger partial charge in [-0.2, -0.15) is 13.2 Å². The highest BCUT2D eigenvalue weighted by molar-refractivity contribution is 6.70. The standard InChI is InChI=1S/C19H21F3OSi/c1-24(2,3)23-18(13-12-15-8-5-4-6-9-15)16-10-7-11-17(14-16)19(20,21)22/h4-11,13-14H,12H2,1-3H3/b18-13+. The van der Waals surface area contributed by atoms with Crippen LogP contribution >= 0.6 is 0 Å². The number of benzene rings is 2. The minimum Gasteiger partial charge on any atom is -0.544 e. The largest absolute Gasteiger partial charge is 0.544 e. The molecule has 2 aromatic rings. The number of allylic oxidation sites excluding steroid dienone is 1. The van der Waals surface area contributed by atoms with E-state index in [1.807, 2.05) is 56.0 Å². The van der Waals surface area contributed by atoms with Crippen LogP contribution < -0.4 is 0 Å². The van der Waals surface area contributed by atoms with E-state index >= 15 is 0 Å². The molecule has 0 unspecified atom stereocenters. The summed E-state index contributed by atoms with van der Waals surface area (Å²) < 4.78 is 45.0. The summed E-state index contributed by atoms with van der Waals surface area (Å²) >= 11 is 0. The first-order valence-electron chi connectivity index (χ1n) is 7.76. The van der Waals surface area contributed by atoms with E-state index in [4.69, 9.17) is 4.43 Å². The molecule has 0 aliphatic heterocycles. The second kappa shape index (κ2) is 7.26. The lowest BCUT2D eigenvalue weighted by Crippen LogP contribution is -2.24. The molecule has 24 heavy (non-hydrogen) atoms. The van der Waals surface area contributed by atoms with Crippen LogP contribution in [0.1, 0.15) is 16.7 Å². The quantitative estimate of drug-likeness (QED) is 0.465. The van der Waals surface area contributed by atoms with E-state index in [-0.39, 0.29) is 0 Å². The minimum atomic E-state index is -4.36. The Morgan fingerprint density at radius 1 is 1.00 bits per heavy atom. The van der Waals surface area contributed by atoms with Crippen molar-refractivity contribution in [3.05, 3.63) is 77.4 Å². The fraction of sp³-hybridized carbons (Fsp3) is 0.263. The monoisotopic (exact) mass is 350 g/mol. The molecule has 2 aromatic carbocycles. The van der Waals surface area contributed by atoms with Crippen LogP contribution in [0.2, 0.25) is 19.6 Å². The highest BCUT2D eigenvalue weighted by atomic mass is 28.4. The average Bonchev–Trinajstić information content (AvgIpc) is 2.51. The Hall–Kier alpha value is -2.01. The third kappa shape index (κ3) is 5.56. The molecule has 0 N–H and O–H groups in total. The Labute approximate surface area is 141 Å². The van der Waals surface area contributed by atoms with Gasteiger partial charge in [-0.1, -0.05) is 42.5 Å². The molecule has 0 heterocycles. The Balaban J connectivity index is 2.36. The van der Waals surface area contributed by atoms with Gasteiger partial charge in [-0.05, 0) is 49.8 Å². The first kappa shape index (κ1) is 18.3. The lowest BCUT2D eigenvalue weighted by atomic mass is 10.1. The molecule has 1 nitrogen and oxygen atoms in total. The molecule has 0 radical (unpaired) electrons. The van der Waals surface area contributed by atoms with Crippen LogP contribution in [0.4, 0.5) is 13.2 Å². The summed E-state index contributed by atoms with van der Waals surface area (Å²) in [4.78, 5) is 0. The number of halogens is 3. The molecule has 0 saturated heterocycles. The summed E-state index contributed by atoms with van der Waals surface area (Å²) in [5.74, 6) is 0.518. The van der Waals surface area contributed by atoms with Gasteiger partial charge in [0.05, 0.1) is 5.56 Å². The Morgan fingerprint density at radius 2 is 1.67 bits per heavy atom. The van der Waals surface area contributed by atoms with Gasteiger partial charge >= 0.3 is 6.18 Å². The molecule has 0 amide bonds. The second-order valence-corrected chi connectivity index (χ2v) is 11.0. The summed E-state index contributed by atoms with van der Waals surface area (Å²) in [5, 5.41) is 0. The van der Waals surface area contributed by atoms with Crippen molar-refractivity contribution in [2.24, 2.45) is 0 Å². The van der Waals surface area contributed by atoms with E-state index in [1.54, 1.807) is 6.07 Å². The maximum absolute atomic E-state index is 13.0. The zero-order valence-electron chi connectivity index (χ0n) is 14.0.